The minimum absolute atomic E-state index is 0.147. The molecule has 1 spiro atoms. The van der Waals surface area contributed by atoms with Gasteiger partial charge in [-0.1, -0.05) is 69.0 Å². The molecule has 6 rings (SSSR count). The van der Waals surface area contributed by atoms with Gasteiger partial charge in [-0.15, -0.1) is 6.58 Å². The highest BCUT2D eigenvalue weighted by Gasteiger charge is 2.44. The number of allylic oxidation sites excluding steroid dienone is 2. The minimum atomic E-state index is -3.93. The van der Waals surface area contributed by atoms with E-state index in [9.17, 15) is 18.3 Å². The Morgan fingerprint density at radius 3 is 2.73 bits per heavy atom. The van der Waals surface area contributed by atoms with Gasteiger partial charge in [0, 0.05) is 29.1 Å². The Kier molecular flexibility index (Phi) is 11.2. The fourth-order valence-electron chi connectivity index (χ4n) is 8.38. The van der Waals surface area contributed by atoms with Gasteiger partial charge in [-0.2, -0.15) is 0 Å². The molecule has 2 saturated carbocycles. The zero-order valence-corrected chi connectivity index (χ0v) is 30.7. The van der Waals surface area contributed by atoms with Crippen molar-refractivity contribution in [2.75, 3.05) is 24.6 Å². The highest BCUT2D eigenvalue weighted by molar-refractivity contribution is 7.90. The van der Waals surface area contributed by atoms with E-state index in [1.54, 1.807) is 18.2 Å². The molecule has 1 aliphatic heterocycles. The van der Waals surface area contributed by atoms with E-state index in [1.165, 1.54) is 11.1 Å². The second-order valence-corrected chi connectivity index (χ2v) is 17.5. The van der Waals surface area contributed by atoms with Gasteiger partial charge in [0.05, 0.1) is 23.6 Å². The molecule has 1 heterocycles. The molecule has 1 amide bonds. The summed E-state index contributed by atoms with van der Waals surface area (Å²) in [5, 5.41) is 11.2. The number of fused-ring (bicyclic) bond motifs is 3. The number of nitrogens with one attached hydrogen (secondary N) is 1. The maximum absolute atomic E-state index is 13.7. The number of anilines is 1. The van der Waals surface area contributed by atoms with Crippen LogP contribution in [0.15, 0.2) is 61.2 Å². The van der Waals surface area contributed by atoms with Crippen LogP contribution < -0.4 is 14.4 Å². The van der Waals surface area contributed by atoms with Crippen molar-refractivity contribution in [2.45, 2.75) is 101 Å². The summed E-state index contributed by atoms with van der Waals surface area (Å²) in [6.07, 6.45) is 15.4. The summed E-state index contributed by atoms with van der Waals surface area (Å²) in [6, 6.07) is 11.5. The number of aryl methyl sites for hydroxylation is 1. The van der Waals surface area contributed by atoms with Crippen LogP contribution in [0.5, 0.6) is 5.75 Å². The number of rotatable bonds is 14. The van der Waals surface area contributed by atoms with Crippen molar-refractivity contribution in [3.8, 4) is 5.75 Å². The Balaban J connectivity index is 1.30. The predicted octanol–water partition coefficient (Wildman–Crippen LogP) is 8.00. The van der Waals surface area contributed by atoms with Crippen LogP contribution in [-0.2, 0) is 21.9 Å². The predicted molar refractivity (Wildman–Crippen MR) is 198 cm³/mol. The molecule has 0 unspecified atom stereocenters. The molecule has 2 fully saturated rings. The highest BCUT2D eigenvalue weighted by atomic mass is 35.5. The van der Waals surface area contributed by atoms with Crippen LogP contribution in [0, 0.1) is 23.7 Å². The second kappa shape index (κ2) is 15.2. The smallest absolute Gasteiger partial charge is 0.264 e. The van der Waals surface area contributed by atoms with Crippen LogP contribution in [0.2, 0.25) is 5.02 Å². The van der Waals surface area contributed by atoms with Gasteiger partial charge in [0.25, 0.3) is 5.91 Å². The summed E-state index contributed by atoms with van der Waals surface area (Å²) in [5.74, 6) is 0.737. The van der Waals surface area contributed by atoms with Crippen LogP contribution in [0.1, 0.15) is 99.5 Å². The first-order valence-corrected chi connectivity index (χ1v) is 20.3. The van der Waals surface area contributed by atoms with Crippen molar-refractivity contribution < 1.29 is 23.1 Å². The van der Waals surface area contributed by atoms with Gasteiger partial charge in [-0.3, -0.25) is 4.79 Å². The average Bonchev–Trinajstić information content (AvgIpc) is 3.89. The van der Waals surface area contributed by atoms with Crippen molar-refractivity contribution in [3.05, 3.63) is 82.9 Å². The molecule has 3 aliphatic carbocycles. The van der Waals surface area contributed by atoms with Gasteiger partial charge in [0.2, 0.25) is 10.0 Å². The fraction of sp³-hybridized carbons (Fsp3) is 0.575. The maximum atomic E-state index is 13.7. The zero-order chi connectivity index (χ0) is 34.8. The fourth-order valence-corrected chi connectivity index (χ4v) is 10.4. The third-order valence-electron chi connectivity index (χ3n) is 11.5. The Labute approximate surface area is 298 Å². The molecule has 9 heteroatoms. The van der Waals surface area contributed by atoms with Crippen LogP contribution in [0.4, 0.5) is 5.69 Å². The van der Waals surface area contributed by atoms with Crippen molar-refractivity contribution >= 4 is 33.2 Å². The number of aliphatic hydroxyl groups excluding tert-OH is 1. The van der Waals surface area contributed by atoms with E-state index in [2.05, 4.69) is 41.3 Å². The van der Waals surface area contributed by atoms with Crippen LogP contribution >= 0.6 is 11.6 Å². The molecule has 0 bridgehead atoms. The molecule has 0 saturated heterocycles. The molecule has 4 aliphatic rings. The van der Waals surface area contributed by atoms with E-state index in [0.29, 0.717) is 44.2 Å². The number of sulfonamides is 1. The van der Waals surface area contributed by atoms with Crippen molar-refractivity contribution in [1.29, 1.82) is 0 Å². The number of carbonyl (C=O) groups excluding carboxylic acids is 1. The molecule has 0 radical (unpaired) electrons. The van der Waals surface area contributed by atoms with Crippen LogP contribution in [-0.4, -0.2) is 50.5 Å². The normalized spacial score (nSPS) is 25.3. The SMILES string of the molecule is C=CC[C@H](C)[C@H](CC1CC1)S(=O)(=O)NC(=O)c1ccc2c(c1)N(C[C@@H]1CC[C@H]1[C@@H](O)C=CCCC)C[C@]1(CCCc3cc(Cl)ccc31)CO2. The number of aliphatic hydroxyl groups is 1. The van der Waals surface area contributed by atoms with Crippen molar-refractivity contribution in [2.24, 2.45) is 23.7 Å². The van der Waals surface area contributed by atoms with E-state index >= 15 is 0 Å². The van der Waals surface area contributed by atoms with E-state index in [-0.39, 0.29) is 28.7 Å². The Bertz CT molecular complexity index is 1660. The number of ether oxygens (including phenoxy) is 1. The Morgan fingerprint density at radius 1 is 1.20 bits per heavy atom. The average molecular weight is 709 g/mol. The topological polar surface area (TPSA) is 95.9 Å². The lowest BCUT2D eigenvalue weighted by atomic mass is 9.68. The van der Waals surface area contributed by atoms with E-state index in [4.69, 9.17) is 16.3 Å². The van der Waals surface area contributed by atoms with Crippen molar-refractivity contribution in [1.82, 2.24) is 4.72 Å². The molecule has 266 valence electrons. The number of halogens is 1. The summed E-state index contributed by atoms with van der Waals surface area (Å²) in [5.41, 5.74) is 3.31. The monoisotopic (exact) mass is 708 g/mol. The van der Waals surface area contributed by atoms with Gasteiger partial charge in [-0.25, -0.2) is 13.1 Å². The third kappa shape index (κ3) is 8.07. The van der Waals surface area contributed by atoms with Crippen LogP contribution in [0.3, 0.4) is 0 Å². The molecular weight excluding hydrogens is 656 g/mol. The Morgan fingerprint density at radius 2 is 2.02 bits per heavy atom. The highest BCUT2D eigenvalue weighted by Crippen LogP contribution is 2.47. The van der Waals surface area contributed by atoms with Gasteiger partial charge in [0.1, 0.15) is 5.75 Å². The molecule has 2 aromatic rings. The standard InChI is InChI=1S/C40H53ClN2O5S/c1-4-6-7-11-36(44)33-17-14-31(33)24-43-25-40(20-8-10-29-22-32(41)16-18-34(29)40)26-48-37-19-15-30(23-35(37)43)39(45)42-49(46,47)38(21-28-12-13-28)27(3)9-5-2/h5,7,11,15-16,18-19,22-23,27-28,31,33,36,38,44H,2,4,6,8-10,12-14,17,20-21,24-26H2,1,3H3,(H,42,45)/t27-,31-,33+,36-,38-,40+/m0/s1. The zero-order valence-electron chi connectivity index (χ0n) is 29.1. The minimum Gasteiger partial charge on any atom is -0.490 e. The maximum Gasteiger partial charge on any atom is 0.264 e. The lowest BCUT2D eigenvalue weighted by Crippen LogP contribution is -2.49. The van der Waals surface area contributed by atoms with Gasteiger partial charge in [0.15, 0.2) is 0 Å². The second-order valence-electron chi connectivity index (χ2n) is 15.2. The lowest BCUT2D eigenvalue weighted by Gasteiger charge is -2.45. The van der Waals surface area contributed by atoms with Crippen molar-refractivity contribution in [3.63, 3.8) is 0 Å². The van der Waals surface area contributed by atoms with E-state index < -0.39 is 27.3 Å². The van der Waals surface area contributed by atoms with Gasteiger partial charge < -0.3 is 14.7 Å². The van der Waals surface area contributed by atoms with Crippen LogP contribution in [0.25, 0.3) is 0 Å². The first-order chi connectivity index (χ1) is 23.5. The Hall–Kier alpha value is -2.81. The molecular formula is C40H53ClN2O5S. The summed E-state index contributed by atoms with van der Waals surface area (Å²) < 4.78 is 36.5. The van der Waals surface area contributed by atoms with E-state index in [1.807, 2.05) is 25.1 Å². The molecule has 2 N–H and O–H groups in total. The molecule has 0 aromatic heterocycles. The van der Waals surface area contributed by atoms with Gasteiger partial charge in [-0.05, 0) is 116 Å². The number of carbonyl (C=O) groups is 1. The quantitative estimate of drug-likeness (QED) is 0.193. The number of amides is 1. The third-order valence-corrected chi connectivity index (χ3v) is 13.7. The summed E-state index contributed by atoms with van der Waals surface area (Å²) in [6.45, 7) is 9.75. The molecule has 7 nitrogen and oxygen atoms in total. The first-order valence-electron chi connectivity index (χ1n) is 18.4. The van der Waals surface area contributed by atoms with E-state index in [0.717, 1.165) is 68.5 Å². The summed E-state index contributed by atoms with van der Waals surface area (Å²) in [7, 11) is -3.93. The summed E-state index contributed by atoms with van der Waals surface area (Å²) in [4.78, 5) is 16.1. The molecule has 49 heavy (non-hydrogen) atoms. The molecule has 2 aromatic carbocycles. The molecule has 6 atom stereocenters. The number of nitrogens with zero attached hydrogens (tertiary/aromatic N) is 1. The number of unbranched alkanes of at least 4 members (excludes halogenated alkanes) is 1. The first kappa shape index (κ1) is 36.0. The number of hydrogen-bond donors (Lipinski definition) is 2. The summed E-state index contributed by atoms with van der Waals surface area (Å²) >= 11 is 6.44. The largest absolute Gasteiger partial charge is 0.490 e. The van der Waals surface area contributed by atoms with Gasteiger partial charge >= 0.3 is 0 Å². The number of hydrogen-bond acceptors (Lipinski definition) is 6. The lowest BCUT2D eigenvalue weighted by molar-refractivity contribution is 0.0456. The number of benzene rings is 2.